The third kappa shape index (κ3) is 3.96. The summed E-state index contributed by atoms with van der Waals surface area (Å²) in [6.45, 7) is 0.566. The first-order valence-electron chi connectivity index (χ1n) is 6.87. The van der Waals surface area contributed by atoms with Crippen molar-refractivity contribution in [2.75, 3.05) is 33.1 Å². The predicted molar refractivity (Wildman–Crippen MR) is 81.1 cm³/mol. The lowest BCUT2D eigenvalue weighted by Gasteiger charge is -2.21. The van der Waals surface area contributed by atoms with Gasteiger partial charge in [0.25, 0.3) is 5.91 Å². The van der Waals surface area contributed by atoms with Gasteiger partial charge in [-0.15, -0.1) is 0 Å². The van der Waals surface area contributed by atoms with Crippen molar-refractivity contribution in [3.8, 4) is 5.75 Å². The van der Waals surface area contributed by atoms with E-state index in [1.807, 2.05) is 0 Å². The lowest BCUT2D eigenvalue weighted by Crippen LogP contribution is -2.43. The van der Waals surface area contributed by atoms with Gasteiger partial charge in [0, 0.05) is 25.6 Å². The lowest BCUT2D eigenvalue weighted by atomic mass is 10.1. The largest absolute Gasteiger partial charge is 0.508 e. The summed E-state index contributed by atoms with van der Waals surface area (Å²) in [5, 5.41) is 12.2. The number of nitrogens with zero attached hydrogens (tertiary/aromatic N) is 1. The predicted octanol–water partition coefficient (Wildman–Crippen LogP) is 0.0284. The van der Waals surface area contributed by atoms with Gasteiger partial charge in [-0.1, -0.05) is 6.07 Å². The minimum atomic E-state index is -3.36. The van der Waals surface area contributed by atoms with Gasteiger partial charge in [-0.2, -0.15) is 0 Å². The SMILES string of the molecule is CN(C)S(=O)(=O)C[C@@H]1COC[C@@H]1NC(=O)c1cccc(O)c1. The van der Waals surface area contributed by atoms with Crippen molar-refractivity contribution in [1.82, 2.24) is 9.62 Å². The fourth-order valence-electron chi connectivity index (χ4n) is 2.24. The Bertz CT molecular complexity index is 644. The quantitative estimate of drug-likeness (QED) is 0.795. The first-order chi connectivity index (χ1) is 10.3. The number of carbonyl (C=O) groups is 1. The standard InChI is InChI=1S/C14H20N2O5S/c1-16(2)22(19,20)9-11-7-21-8-13(11)15-14(18)10-4-3-5-12(17)6-10/h3-6,11,13,17H,7-9H2,1-2H3,(H,15,18)/t11-,13-/m0/s1. The van der Waals surface area contributed by atoms with E-state index in [4.69, 9.17) is 4.74 Å². The number of phenols is 1. The number of amides is 1. The third-order valence-corrected chi connectivity index (χ3v) is 5.57. The van der Waals surface area contributed by atoms with E-state index in [-0.39, 0.29) is 42.6 Å². The van der Waals surface area contributed by atoms with Crippen LogP contribution in [-0.2, 0) is 14.8 Å². The monoisotopic (exact) mass is 328 g/mol. The Morgan fingerprint density at radius 1 is 1.41 bits per heavy atom. The zero-order valence-electron chi connectivity index (χ0n) is 12.5. The highest BCUT2D eigenvalue weighted by Crippen LogP contribution is 2.18. The van der Waals surface area contributed by atoms with Gasteiger partial charge >= 0.3 is 0 Å². The van der Waals surface area contributed by atoms with Crippen LogP contribution in [0.5, 0.6) is 5.75 Å². The van der Waals surface area contributed by atoms with Crippen LogP contribution in [0.3, 0.4) is 0 Å². The van der Waals surface area contributed by atoms with Crippen LogP contribution in [0.4, 0.5) is 0 Å². The normalized spacial score (nSPS) is 22.0. The highest BCUT2D eigenvalue weighted by Gasteiger charge is 2.34. The van der Waals surface area contributed by atoms with Gasteiger partial charge < -0.3 is 15.2 Å². The molecule has 1 aromatic carbocycles. The molecule has 2 atom stereocenters. The fourth-order valence-corrected chi connectivity index (χ4v) is 3.41. The Balaban J connectivity index is 2.04. The molecule has 1 aromatic rings. The highest BCUT2D eigenvalue weighted by molar-refractivity contribution is 7.89. The molecule has 0 bridgehead atoms. The average molecular weight is 328 g/mol. The van der Waals surface area contributed by atoms with Crippen molar-refractivity contribution >= 4 is 15.9 Å². The van der Waals surface area contributed by atoms with Crippen LogP contribution < -0.4 is 5.32 Å². The van der Waals surface area contributed by atoms with E-state index in [9.17, 15) is 18.3 Å². The first kappa shape index (κ1) is 16.7. The van der Waals surface area contributed by atoms with Crippen LogP contribution in [0.25, 0.3) is 0 Å². The molecule has 0 radical (unpaired) electrons. The second-order valence-corrected chi connectivity index (χ2v) is 7.72. The van der Waals surface area contributed by atoms with E-state index in [0.29, 0.717) is 5.56 Å². The summed E-state index contributed by atoms with van der Waals surface area (Å²) in [5.41, 5.74) is 0.320. The Kier molecular flexibility index (Phi) is 5.05. The molecule has 7 nitrogen and oxygen atoms in total. The molecule has 1 aliphatic rings. The molecule has 0 unspecified atom stereocenters. The van der Waals surface area contributed by atoms with Gasteiger partial charge in [-0.3, -0.25) is 4.79 Å². The number of rotatable bonds is 5. The third-order valence-electron chi connectivity index (χ3n) is 3.60. The van der Waals surface area contributed by atoms with Gasteiger partial charge in [-0.05, 0) is 18.2 Å². The van der Waals surface area contributed by atoms with Gasteiger partial charge in [0.2, 0.25) is 10.0 Å². The van der Waals surface area contributed by atoms with Crippen LogP contribution in [0.1, 0.15) is 10.4 Å². The summed E-state index contributed by atoms with van der Waals surface area (Å²) < 4.78 is 30.4. The van der Waals surface area contributed by atoms with Crippen LogP contribution in [0, 0.1) is 5.92 Å². The van der Waals surface area contributed by atoms with Crippen LogP contribution in [0.2, 0.25) is 0 Å². The van der Waals surface area contributed by atoms with E-state index in [2.05, 4.69) is 5.32 Å². The molecule has 1 heterocycles. The zero-order chi connectivity index (χ0) is 16.3. The van der Waals surface area contributed by atoms with Crippen molar-refractivity contribution < 1.29 is 23.1 Å². The van der Waals surface area contributed by atoms with Crippen molar-refractivity contribution in [1.29, 1.82) is 0 Å². The molecule has 2 rings (SSSR count). The first-order valence-corrected chi connectivity index (χ1v) is 8.48. The van der Waals surface area contributed by atoms with Gasteiger partial charge in [0.1, 0.15) is 5.75 Å². The number of hydrogen-bond acceptors (Lipinski definition) is 5. The number of aromatic hydroxyl groups is 1. The molecular formula is C14H20N2O5S. The second kappa shape index (κ2) is 6.64. The summed E-state index contributed by atoms with van der Waals surface area (Å²) in [4.78, 5) is 12.2. The van der Waals surface area contributed by atoms with Crippen molar-refractivity contribution in [3.05, 3.63) is 29.8 Å². The van der Waals surface area contributed by atoms with E-state index in [0.717, 1.165) is 0 Å². The molecule has 0 aliphatic carbocycles. The second-order valence-electron chi connectivity index (χ2n) is 5.49. The number of carbonyl (C=O) groups excluding carboxylic acids is 1. The molecule has 0 aromatic heterocycles. The molecule has 8 heteroatoms. The molecule has 0 spiro atoms. The van der Waals surface area contributed by atoms with Gasteiger partial charge in [-0.25, -0.2) is 12.7 Å². The van der Waals surface area contributed by atoms with Crippen LogP contribution in [0.15, 0.2) is 24.3 Å². The molecule has 1 amide bonds. The summed E-state index contributed by atoms with van der Waals surface area (Å²) in [5.74, 6) is -0.736. The smallest absolute Gasteiger partial charge is 0.251 e. The Labute approximate surface area is 129 Å². The summed E-state index contributed by atoms with van der Waals surface area (Å²) in [6, 6.07) is 5.61. The van der Waals surface area contributed by atoms with Gasteiger partial charge in [0.15, 0.2) is 0 Å². The molecular weight excluding hydrogens is 308 g/mol. The van der Waals surface area contributed by atoms with Crippen molar-refractivity contribution in [2.45, 2.75) is 6.04 Å². The molecule has 0 saturated carbocycles. The molecule has 1 aliphatic heterocycles. The molecule has 2 N–H and O–H groups in total. The van der Waals surface area contributed by atoms with Crippen molar-refractivity contribution in [2.24, 2.45) is 5.92 Å². The Hall–Kier alpha value is -1.64. The maximum Gasteiger partial charge on any atom is 0.251 e. The summed E-state index contributed by atoms with van der Waals surface area (Å²) >= 11 is 0. The van der Waals surface area contributed by atoms with E-state index in [1.54, 1.807) is 12.1 Å². The number of benzene rings is 1. The number of sulfonamides is 1. The summed E-state index contributed by atoms with van der Waals surface area (Å²) in [7, 11) is -0.404. The maximum atomic E-state index is 12.2. The van der Waals surface area contributed by atoms with E-state index < -0.39 is 10.0 Å². The fraction of sp³-hybridized carbons (Fsp3) is 0.500. The minimum Gasteiger partial charge on any atom is -0.508 e. The minimum absolute atomic E-state index is 0.00191. The maximum absolute atomic E-state index is 12.2. The molecule has 22 heavy (non-hydrogen) atoms. The Morgan fingerprint density at radius 3 is 2.77 bits per heavy atom. The van der Waals surface area contributed by atoms with E-state index >= 15 is 0 Å². The number of phenolic OH excluding ortho intramolecular Hbond substituents is 1. The van der Waals surface area contributed by atoms with Crippen LogP contribution in [-0.4, -0.2) is 62.8 Å². The molecule has 1 fully saturated rings. The summed E-state index contributed by atoms with van der Waals surface area (Å²) in [6.07, 6.45) is 0. The number of ether oxygens (including phenoxy) is 1. The topological polar surface area (TPSA) is 95.9 Å². The Morgan fingerprint density at radius 2 is 2.14 bits per heavy atom. The lowest BCUT2D eigenvalue weighted by molar-refractivity contribution is 0.0925. The molecule has 1 saturated heterocycles. The van der Waals surface area contributed by atoms with E-state index in [1.165, 1.54) is 30.5 Å². The number of hydrogen-bond donors (Lipinski definition) is 2. The molecule has 122 valence electrons. The van der Waals surface area contributed by atoms with Gasteiger partial charge in [0.05, 0.1) is 25.0 Å². The zero-order valence-corrected chi connectivity index (χ0v) is 13.3. The average Bonchev–Trinajstić information content (AvgIpc) is 2.85. The highest BCUT2D eigenvalue weighted by atomic mass is 32.2. The number of nitrogens with one attached hydrogen (secondary N) is 1. The van der Waals surface area contributed by atoms with Crippen LogP contribution >= 0.6 is 0 Å². The van der Waals surface area contributed by atoms with Crippen molar-refractivity contribution in [3.63, 3.8) is 0 Å².